The molecule has 1 heterocycles. The lowest BCUT2D eigenvalue weighted by atomic mass is 9.95. The summed E-state index contributed by atoms with van der Waals surface area (Å²) in [6.07, 6.45) is 4.31. The molecule has 0 N–H and O–H groups in total. The summed E-state index contributed by atoms with van der Waals surface area (Å²) in [5.74, 6) is 0.516. The van der Waals surface area contributed by atoms with Crippen LogP contribution in [-0.2, 0) is 20.7 Å². The van der Waals surface area contributed by atoms with Gasteiger partial charge >= 0.3 is 0 Å². The van der Waals surface area contributed by atoms with Crippen LogP contribution < -0.4 is 4.90 Å². The fraction of sp³-hybridized carbons (Fsp3) is 0.250. The van der Waals surface area contributed by atoms with Crippen molar-refractivity contribution < 1.29 is 14.3 Å². The number of benzene rings is 2. The molecule has 1 amide bonds. The first-order valence-electron chi connectivity index (χ1n) is 9.67. The fourth-order valence-corrected chi connectivity index (χ4v) is 4.70. The van der Waals surface area contributed by atoms with E-state index < -0.39 is 6.23 Å². The predicted molar refractivity (Wildman–Crippen MR) is 107 cm³/mol. The summed E-state index contributed by atoms with van der Waals surface area (Å²) in [4.78, 5) is 26.9. The molecule has 0 aromatic heterocycles. The lowest BCUT2D eigenvalue weighted by Crippen LogP contribution is -2.35. The number of hydrogen-bond acceptors (Lipinski definition) is 3. The summed E-state index contributed by atoms with van der Waals surface area (Å²) in [5, 5.41) is 0. The number of allylic oxidation sites excluding steroid dienone is 1. The number of anilines is 1. The Kier molecular flexibility index (Phi) is 3.93. The Labute approximate surface area is 164 Å². The maximum absolute atomic E-state index is 12.6. The average molecular weight is 371 g/mol. The quantitative estimate of drug-likeness (QED) is 0.602. The summed E-state index contributed by atoms with van der Waals surface area (Å²) >= 11 is 0. The predicted octanol–water partition coefficient (Wildman–Crippen LogP) is 4.14. The van der Waals surface area contributed by atoms with Gasteiger partial charge in [0, 0.05) is 29.2 Å². The van der Waals surface area contributed by atoms with Crippen LogP contribution in [0, 0.1) is 5.92 Å². The Balaban J connectivity index is 1.41. The van der Waals surface area contributed by atoms with E-state index in [1.165, 1.54) is 11.1 Å². The van der Waals surface area contributed by atoms with E-state index in [-0.39, 0.29) is 23.5 Å². The van der Waals surface area contributed by atoms with Gasteiger partial charge in [-0.3, -0.25) is 14.5 Å². The Morgan fingerprint density at radius 3 is 2.54 bits per heavy atom. The maximum Gasteiger partial charge on any atom is 0.257 e. The van der Waals surface area contributed by atoms with E-state index in [4.69, 9.17) is 4.74 Å². The number of carbonyl (C=O) groups is 2. The first-order chi connectivity index (χ1) is 13.6. The highest BCUT2D eigenvalue weighted by Crippen LogP contribution is 2.49. The van der Waals surface area contributed by atoms with Crippen LogP contribution >= 0.6 is 0 Å². The van der Waals surface area contributed by atoms with Gasteiger partial charge in [0.15, 0.2) is 12.0 Å². The van der Waals surface area contributed by atoms with Gasteiger partial charge in [0.2, 0.25) is 0 Å². The van der Waals surface area contributed by atoms with Crippen molar-refractivity contribution in [2.24, 2.45) is 5.92 Å². The molecule has 3 unspecified atom stereocenters. The highest BCUT2D eigenvalue weighted by atomic mass is 16.5. The second-order valence-electron chi connectivity index (χ2n) is 7.70. The van der Waals surface area contributed by atoms with E-state index in [2.05, 4.69) is 18.2 Å². The van der Waals surface area contributed by atoms with Crippen molar-refractivity contribution in [2.45, 2.75) is 31.9 Å². The van der Waals surface area contributed by atoms with Crippen LogP contribution in [0.1, 0.15) is 30.4 Å². The Morgan fingerprint density at radius 1 is 0.964 bits per heavy atom. The van der Waals surface area contributed by atoms with Crippen LogP contribution in [0.15, 0.2) is 78.1 Å². The van der Waals surface area contributed by atoms with Crippen LogP contribution in [0.3, 0.4) is 0 Å². The van der Waals surface area contributed by atoms with E-state index in [9.17, 15) is 9.59 Å². The number of para-hydroxylation sites is 1. The summed E-state index contributed by atoms with van der Waals surface area (Å²) in [5.41, 5.74) is 4.80. The molecule has 0 bridgehead atoms. The number of amides is 1. The van der Waals surface area contributed by atoms with E-state index in [0.29, 0.717) is 12.0 Å². The van der Waals surface area contributed by atoms with Gasteiger partial charge in [-0.1, -0.05) is 42.5 Å². The van der Waals surface area contributed by atoms with Crippen molar-refractivity contribution in [1.29, 1.82) is 0 Å². The molecular weight excluding hydrogens is 350 g/mol. The molecule has 1 fully saturated rings. The first-order valence-corrected chi connectivity index (χ1v) is 9.67. The molecule has 0 radical (unpaired) electrons. The van der Waals surface area contributed by atoms with Crippen molar-refractivity contribution in [3.05, 3.63) is 89.2 Å². The molecule has 0 saturated heterocycles. The number of nitrogens with zero attached hydrogens (tertiary/aromatic N) is 1. The van der Waals surface area contributed by atoms with Crippen molar-refractivity contribution in [2.75, 3.05) is 4.90 Å². The minimum absolute atomic E-state index is 0.0708. The molecule has 2 aliphatic carbocycles. The van der Waals surface area contributed by atoms with Gasteiger partial charge in [0.25, 0.3) is 5.91 Å². The number of ether oxygens (including phenoxy) is 1. The van der Waals surface area contributed by atoms with Gasteiger partial charge in [0.1, 0.15) is 0 Å². The SMILES string of the molecule is CC1=CC(O/C=C2/C(=O)CC3c4ccccc4CC23)N(c2ccccc2)C1=O. The molecule has 1 saturated carbocycles. The number of fused-ring (bicyclic) bond motifs is 3. The molecule has 2 aromatic rings. The number of Topliss-reactive ketones (excluding diaryl/α,β-unsaturated/α-hetero) is 1. The molecule has 0 spiro atoms. The van der Waals surface area contributed by atoms with E-state index >= 15 is 0 Å². The lowest BCUT2D eigenvalue weighted by molar-refractivity contribution is -0.115. The minimum Gasteiger partial charge on any atom is -0.474 e. The van der Waals surface area contributed by atoms with Crippen molar-refractivity contribution in [1.82, 2.24) is 0 Å². The van der Waals surface area contributed by atoms with Crippen molar-refractivity contribution in [3.63, 3.8) is 0 Å². The van der Waals surface area contributed by atoms with Crippen molar-refractivity contribution >= 4 is 17.4 Å². The molecule has 1 aliphatic heterocycles. The normalized spacial score (nSPS) is 27.2. The molecule has 28 heavy (non-hydrogen) atoms. The molecule has 4 nitrogen and oxygen atoms in total. The van der Waals surface area contributed by atoms with Gasteiger partial charge in [-0.15, -0.1) is 0 Å². The highest BCUT2D eigenvalue weighted by Gasteiger charge is 2.44. The summed E-state index contributed by atoms with van der Waals surface area (Å²) in [7, 11) is 0. The Morgan fingerprint density at radius 2 is 1.71 bits per heavy atom. The second-order valence-corrected chi connectivity index (χ2v) is 7.70. The van der Waals surface area contributed by atoms with Gasteiger partial charge in [-0.25, -0.2) is 0 Å². The number of ketones is 1. The third kappa shape index (κ3) is 2.60. The zero-order chi connectivity index (χ0) is 19.3. The zero-order valence-electron chi connectivity index (χ0n) is 15.7. The van der Waals surface area contributed by atoms with Crippen LogP contribution in [0.2, 0.25) is 0 Å². The van der Waals surface area contributed by atoms with E-state index in [1.54, 1.807) is 18.1 Å². The standard InChI is InChI=1S/C24H21NO3/c1-15-11-23(25(24(15)27)17-8-3-2-4-9-17)28-14-21-19-12-16-7-5-6-10-18(16)20(19)13-22(21)26/h2-11,14,19-20,23H,12-13H2,1H3/b21-14+. The highest BCUT2D eigenvalue weighted by molar-refractivity contribution is 6.08. The number of rotatable bonds is 3. The van der Waals surface area contributed by atoms with Crippen LogP contribution in [-0.4, -0.2) is 17.9 Å². The Bertz CT molecular complexity index is 1020. The zero-order valence-corrected chi connectivity index (χ0v) is 15.7. The average Bonchev–Trinajstić information content (AvgIpc) is 3.31. The largest absolute Gasteiger partial charge is 0.474 e. The van der Waals surface area contributed by atoms with Gasteiger partial charge in [-0.2, -0.15) is 0 Å². The third-order valence-corrected chi connectivity index (χ3v) is 6.08. The lowest BCUT2D eigenvalue weighted by Gasteiger charge is -2.24. The Hall–Kier alpha value is -3.14. The summed E-state index contributed by atoms with van der Waals surface area (Å²) in [6, 6.07) is 17.9. The summed E-state index contributed by atoms with van der Waals surface area (Å²) < 4.78 is 6.02. The fourth-order valence-electron chi connectivity index (χ4n) is 4.70. The molecule has 140 valence electrons. The monoisotopic (exact) mass is 371 g/mol. The maximum atomic E-state index is 12.6. The van der Waals surface area contributed by atoms with Gasteiger partial charge in [-0.05, 0) is 48.6 Å². The van der Waals surface area contributed by atoms with Crippen LogP contribution in [0.5, 0.6) is 0 Å². The second kappa shape index (κ2) is 6.48. The van der Waals surface area contributed by atoms with Gasteiger partial charge < -0.3 is 4.74 Å². The minimum atomic E-state index is -0.530. The van der Waals surface area contributed by atoms with Crippen molar-refractivity contribution in [3.8, 4) is 0 Å². The molecule has 3 atom stereocenters. The summed E-state index contributed by atoms with van der Waals surface area (Å²) in [6.45, 7) is 1.79. The molecule has 4 heteroatoms. The number of hydrogen-bond donors (Lipinski definition) is 0. The molecule has 3 aliphatic rings. The molecule has 2 aromatic carbocycles. The molecular formula is C24H21NO3. The van der Waals surface area contributed by atoms with E-state index in [0.717, 1.165) is 17.7 Å². The first kappa shape index (κ1) is 17.0. The smallest absolute Gasteiger partial charge is 0.257 e. The topological polar surface area (TPSA) is 46.6 Å². The van der Waals surface area contributed by atoms with Gasteiger partial charge in [0.05, 0.1) is 6.26 Å². The number of carbonyl (C=O) groups excluding carboxylic acids is 2. The molecule has 5 rings (SSSR count). The van der Waals surface area contributed by atoms with Crippen LogP contribution in [0.25, 0.3) is 0 Å². The van der Waals surface area contributed by atoms with Crippen LogP contribution in [0.4, 0.5) is 5.69 Å². The third-order valence-electron chi connectivity index (χ3n) is 6.08. The van der Waals surface area contributed by atoms with E-state index in [1.807, 2.05) is 42.5 Å².